The van der Waals surface area contributed by atoms with Gasteiger partial charge < -0.3 is 24.8 Å². The van der Waals surface area contributed by atoms with Crippen molar-refractivity contribution in [1.29, 1.82) is 0 Å². The maximum atomic E-state index is 9.51. The highest BCUT2D eigenvalue weighted by molar-refractivity contribution is 4.82. The summed E-state index contributed by atoms with van der Waals surface area (Å²) in [5, 5.41) is 27.9. The first-order chi connectivity index (χ1) is 7.08. The molecule has 15 heavy (non-hydrogen) atoms. The molecule has 1 saturated heterocycles. The van der Waals surface area contributed by atoms with E-state index in [-0.39, 0.29) is 19.1 Å². The Labute approximate surface area is 89.6 Å². The molecule has 0 aliphatic carbocycles. The molecular formula is C10H20O5. The monoisotopic (exact) mass is 220 g/mol. The van der Waals surface area contributed by atoms with Gasteiger partial charge in [0.1, 0.15) is 12.2 Å². The second-order valence-corrected chi connectivity index (χ2v) is 3.94. The Morgan fingerprint density at radius 3 is 2.67 bits per heavy atom. The van der Waals surface area contributed by atoms with Crippen LogP contribution in [0, 0.1) is 0 Å². The fourth-order valence-electron chi connectivity index (χ4n) is 1.51. The number of hydrogen-bond acceptors (Lipinski definition) is 5. The minimum absolute atomic E-state index is 0.0387. The van der Waals surface area contributed by atoms with E-state index in [9.17, 15) is 10.2 Å². The van der Waals surface area contributed by atoms with Crippen LogP contribution < -0.4 is 0 Å². The van der Waals surface area contributed by atoms with Crippen LogP contribution >= 0.6 is 0 Å². The average molecular weight is 220 g/mol. The number of hydrogen-bond donors (Lipinski definition) is 3. The van der Waals surface area contributed by atoms with Crippen LogP contribution in [0.4, 0.5) is 0 Å². The third kappa shape index (κ3) is 3.39. The van der Waals surface area contributed by atoms with Crippen molar-refractivity contribution in [3.8, 4) is 0 Å². The van der Waals surface area contributed by atoms with Crippen molar-refractivity contribution in [3.05, 3.63) is 0 Å². The van der Waals surface area contributed by atoms with E-state index in [1.807, 2.05) is 13.8 Å². The first-order valence-corrected chi connectivity index (χ1v) is 5.36. The molecule has 3 N–H and O–H groups in total. The number of aliphatic hydroxyl groups is 3. The normalized spacial score (nSPS) is 39.0. The van der Waals surface area contributed by atoms with Crippen LogP contribution in [0.5, 0.6) is 0 Å². The van der Waals surface area contributed by atoms with Crippen molar-refractivity contribution in [2.75, 3.05) is 6.61 Å². The molecule has 5 unspecified atom stereocenters. The van der Waals surface area contributed by atoms with E-state index in [4.69, 9.17) is 14.6 Å². The number of ether oxygens (including phenoxy) is 2. The maximum Gasteiger partial charge on any atom is 0.161 e. The van der Waals surface area contributed by atoms with Gasteiger partial charge in [0.05, 0.1) is 18.8 Å². The molecule has 5 nitrogen and oxygen atoms in total. The van der Waals surface area contributed by atoms with Crippen LogP contribution in [0.1, 0.15) is 26.7 Å². The highest BCUT2D eigenvalue weighted by Gasteiger charge is 2.37. The van der Waals surface area contributed by atoms with E-state index < -0.39 is 24.6 Å². The second kappa shape index (κ2) is 5.77. The topological polar surface area (TPSA) is 79.2 Å². The average Bonchev–Trinajstić information content (AvgIpc) is 2.22. The van der Waals surface area contributed by atoms with Gasteiger partial charge in [0, 0.05) is 6.42 Å². The van der Waals surface area contributed by atoms with Crippen LogP contribution in [-0.2, 0) is 9.47 Å². The molecule has 1 fully saturated rings. The van der Waals surface area contributed by atoms with Gasteiger partial charge in [-0.05, 0) is 13.3 Å². The molecule has 5 atom stereocenters. The minimum Gasteiger partial charge on any atom is -0.394 e. The van der Waals surface area contributed by atoms with Crippen LogP contribution in [0.15, 0.2) is 0 Å². The van der Waals surface area contributed by atoms with E-state index in [0.717, 1.165) is 6.42 Å². The molecule has 90 valence electrons. The van der Waals surface area contributed by atoms with Crippen molar-refractivity contribution in [1.82, 2.24) is 0 Å². The Morgan fingerprint density at radius 2 is 2.13 bits per heavy atom. The molecule has 1 aliphatic heterocycles. The molecule has 1 aliphatic rings. The molecule has 0 aromatic rings. The number of aliphatic hydroxyl groups excluding tert-OH is 3. The molecule has 5 heteroatoms. The zero-order valence-electron chi connectivity index (χ0n) is 9.17. The molecule has 0 spiro atoms. The molecule has 1 rings (SSSR count). The van der Waals surface area contributed by atoms with Crippen molar-refractivity contribution in [3.63, 3.8) is 0 Å². The summed E-state index contributed by atoms with van der Waals surface area (Å²) in [6.07, 6.45) is -2.11. The first kappa shape index (κ1) is 12.9. The quantitative estimate of drug-likeness (QED) is 0.602. The zero-order valence-corrected chi connectivity index (χ0v) is 9.17. The standard InChI is InChI=1S/C10H20O5/c1-3-6(2)14-9-4-7(12)10(13)8(5-11)15-9/h6-13H,3-5H2,1-2H3. The summed E-state index contributed by atoms with van der Waals surface area (Å²) in [6, 6.07) is 0. The van der Waals surface area contributed by atoms with E-state index in [0.29, 0.717) is 0 Å². The highest BCUT2D eigenvalue weighted by Crippen LogP contribution is 2.22. The summed E-state index contributed by atoms with van der Waals surface area (Å²) in [5.41, 5.74) is 0. The lowest BCUT2D eigenvalue weighted by molar-refractivity contribution is -0.267. The molecule has 1 heterocycles. The van der Waals surface area contributed by atoms with Gasteiger partial charge in [0.2, 0.25) is 0 Å². The van der Waals surface area contributed by atoms with Gasteiger partial charge in [-0.1, -0.05) is 6.92 Å². The Balaban J connectivity index is 2.47. The van der Waals surface area contributed by atoms with Gasteiger partial charge in [-0.15, -0.1) is 0 Å². The van der Waals surface area contributed by atoms with Crippen molar-refractivity contribution < 1.29 is 24.8 Å². The van der Waals surface area contributed by atoms with Crippen LogP contribution in [0.25, 0.3) is 0 Å². The first-order valence-electron chi connectivity index (χ1n) is 5.36. The van der Waals surface area contributed by atoms with Crippen LogP contribution in [-0.4, -0.2) is 52.6 Å². The Kier molecular flexibility index (Phi) is 4.95. The van der Waals surface area contributed by atoms with Gasteiger partial charge in [-0.2, -0.15) is 0 Å². The van der Waals surface area contributed by atoms with Crippen molar-refractivity contribution in [2.45, 2.75) is 57.4 Å². The lowest BCUT2D eigenvalue weighted by atomic mass is 10.0. The third-order valence-corrected chi connectivity index (χ3v) is 2.67. The molecule has 0 bridgehead atoms. The lowest BCUT2D eigenvalue weighted by Crippen LogP contribution is -2.51. The summed E-state index contributed by atoms with van der Waals surface area (Å²) in [4.78, 5) is 0. The van der Waals surface area contributed by atoms with Gasteiger partial charge in [0.25, 0.3) is 0 Å². The summed E-state index contributed by atoms with van der Waals surface area (Å²) in [6.45, 7) is 3.58. The summed E-state index contributed by atoms with van der Waals surface area (Å²) < 4.78 is 10.8. The van der Waals surface area contributed by atoms with E-state index in [2.05, 4.69) is 0 Å². The second-order valence-electron chi connectivity index (χ2n) is 3.94. The predicted molar refractivity (Wildman–Crippen MR) is 53.2 cm³/mol. The van der Waals surface area contributed by atoms with Gasteiger partial charge in [0.15, 0.2) is 6.29 Å². The fraction of sp³-hybridized carbons (Fsp3) is 1.00. The van der Waals surface area contributed by atoms with E-state index in [1.54, 1.807) is 0 Å². The number of rotatable bonds is 4. The summed E-state index contributed by atoms with van der Waals surface area (Å²) in [5.74, 6) is 0. The largest absolute Gasteiger partial charge is 0.394 e. The SMILES string of the molecule is CCC(C)OC1CC(O)C(O)C(CO)O1. The fourth-order valence-corrected chi connectivity index (χ4v) is 1.51. The Bertz CT molecular complexity index is 185. The lowest BCUT2D eigenvalue weighted by Gasteiger charge is -2.37. The van der Waals surface area contributed by atoms with E-state index in [1.165, 1.54) is 0 Å². The maximum absolute atomic E-state index is 9.51. The molecule has 0 amide bonds. The third-order valence-electron chi connectivity index (χ3n) is 2.67. The molecule has 0 aromatic heterocycles. The molecule has 0 radical (unpaired) electrons. The highest BCUT2D eigenvalue weighted by atomic mass is 16.7. The van der Waals surface area contributed by atoms with Crippen LogP contribution in [0.2, 0.25) is 0 Å². The Morgan fingerprint density at radius 1 is 1.47 bits per heavy atom. The van der Waals surface area contributed by atoms with Gasteiger partial charge in [-0.3, -0.25) is 0 Å². The van der Waals surface area contributed by atoms with Crippen molar-refractivity contribution >= 4 is 0 Å². The van der Waals surface area contributed by atoms with Gasteiger partial charge in [-0.25, -0.2) is 0 Å². The molecular weight excluding hydrogens is 200 g/mol. The molecule has 0 aromatic carbocycles. The Hall–Kier alpha value is -0.200. The van der Waals surface area contributed by atoms with E-state index >= 15 is 0 Å². The zero-order chi connectivity index (χ0) is 11.4. The molecule has 0 saturated carbocycles. The summed E-state index contributed by atoms with van der Waals surface area (Å²) >= 11 is 0. The minimum atomic E-state index is -1.04. The van der Waals surface area contributed by atoms with Crippen molar-refractivity contribution in [2.24, 2.45) is 0 Å². The summed E-state index contributed by atoms with van der Waals surface area (Å²) in [7, 11) is 0. The van der Waals surface area contributed by atoms with Crippen LogP contribution in [0.3, 0.4) is 0 Å². The predicted octanol–water partition coefficient (Wildman–Crippen LogP) is -0.369. The smallest absolute Gasteiger partial charge is 0.161 e. The van der Waals surface area contributed by atoms with Gasteiger partial charge >= 0.3 is 0 Å².